The van der Waals surface area contributed by atoms with Crippen LogP contribution in [0.4, 0.5) is 0 Å². The van der Waals surface area contributed by atoms with Crippen molar-refractivity contribution in [2.75, 3.05) is 13.2 Å². The largest absolute Gasteiger partial charge is 0.462 e. The minimum Gasteiger partial charge on any atom is -0.462 e. The molecule has 0 heterocycles. The Morgan fingerprint density at radius 3 is 0.863 bits per heavy atom. The molecule has 0 amide bonds. The van der Waals surface area contributed by atoms with Gasteiger partial charge in [-0.3, -0.25) is 14.4 Å². The van der Waals surface area contributed by atoms with Gasteiger partial charge < -0.3 is 14.2 Å². The highest BCUT2D eigenvalue weighted by Crippen LogP contribution is 2.17. The molecule has 6 nitrogen and oxygen atoms in total. The molecule has 0 saturated heterocycles. The second-order valence-corrected chi connectivity index (χ2v) is 20.9. The lowest BCUT2D eigenvalue weighted by atomic mass is 10.0. The van der Waals surface area contributed by atoms with Gasteiger partial charge in [0.05, 0.1) is 0 Å². The van der Waals surface area contributed by atoms with Crippen molar-refractivity contribution in [1.82, 2.24) is 0 Å². The molecule has 0 radical (unpaired) electrons. The van der Waals surface area contributed by atoms with E-state index in [-0.39, 0.29) is 31.1 Å². The van der Waals surface area contributed by atoms with Crippen LogP contribution < -0.4 is 0 Å². The maximum atomic E-state index is 12.9. The number of rotatable bonds is 57. The molecule has 0 saturated carbocycles. The molecular weight excluding hydrogens is 901 g/mol. The number of esters is 3. The summed E-state index contributed by atoms with van der Waals surface area (Å²) >= 11 is 0. The highest BCUT2D eigenvalue weighted by Gasteiger charge is 2.19. The van der Waals surface area contributed by atoms with Crippen molar-refractivity contribution in [2.45, 2.75) is 322 Å². The van der Waals surface area contributed by atoms with Gasteiger partial charge >= 0.3 is 17.9 Å². The van der Waals surface area contributed by atoms with Gasteiger partial charge in [0.15, 0.2) is 6.10 Å². The van der Waals surface area contributed by atoms with Crippen LogP contribution in [-0.2, 0) is 28.6 Å². The molecule has 0 aliphatic rings. The Hall–Kier alpha value is -3.15. The molecule has 0 aromatic rings. The third kappa shape index (κ3) is 59.6. The number of ether oxygens (including phenoxy) is 3. The summed E-state index contributed by atoms with van der Waals surface area (Å²) in [5.74, 6) is -0.872. The predicted octanol–water partition coefficient (Wildman–Crippen LogP) is 21.3. The van der Waals surface area contributed by atoms with Crippen LogP contribution in [0.1, 0.15) is 316 Å². The van der Waals surface area contributed by atoms with Gasteiger partial charge in [0.25, 0.3) is 0 Å². The highest BCUT2D eigenvalue weighted by atomic mass is 16.6. The molecule has 0 N–H and O–H groups in total. The van der Waals surface area contributed by atoms with Gasteiger partial charge in [-0.2, -0.15) is 0 Å². The average Bonchev–Trinajstić information content (AvgIpc) is 3.39. The highest BCUT2D eigenvalue weighted by molar-refractivity contribution is 5.71. The van der Waals surface area contributed by atoms with E-state index < -0.39 is 6.10 Å². The molecule has 6 heteroatoms. The fraction of sp³-hybridized carbons (Fsp3) is 0.776. The summed E-state index contributed by atoms with van der Waals surface area (Å²) in [6, 6.07) is 0. The van der Waals surface area contributed by atoms with Gasteiger partial charge in [0.2, 0.25) is 0 Å². The second kappa shape index (κ2) is 61.4. The van der Waals surface area contributed by atoms with Crippen LogP contribution in [0.3, 0.4) is 0 Å². The van der Waals surface area contributed by atoms with E-state index in [1.165, 1.54) is 180 Å². The number of allylic oxidation sites excluding steroid dienone is 12. The van der Waals surface area contributed by atoms with Crippen molar-refractivity contribution in [3.63, 3.8) is 0 Å². The second-order valence-electron chi connectivity index (χ2n) is 20.9. The first-order chi connectivity index (χ1) is 36.0. The van der Waals surface area contributed by atoms with Gasteiger partial charge in [-0.1, -0.05) is 280 Å². The van der Waals surface area contributed by atoms with Crippen LogP contribution in [-0.4, -0.2) is 37.2 Å². The summed E-state index contributed by atoms with van der Waals surface area (Å²) in [6.45, 7) is 6.51. The summed E-state index contributed by atoms with van der Waals surface area (Å²) in [7, 11) is 0. The van der Waals surface area contributed by atoms with E-state index in [0.717, 1.165) is 96.3 Å². The van der Waals surface area contributed by atoms with Crippen LogP contribution in [0.2, 0.25) is 0 Å². The molecule has 1 atom stereocenters. The van der Waals surface area contributed by atoms with E-state index in [9.17, 15) is 14.4 Å². The molecule has 1 unspecified atom stereocenters. The minimum atomic E-state index is -0.776. The van der Waals surface area contributed by atoms with Crippen molar-refractivity contribution in [3.8, 4) is 0 Å². The predicted molar refractivity (Wildman–Crippen MR) is 316 cm³/mol. The Labute approximate surface area is 453 Å². The van der Waals surface area contributed by atoms with Crippen molar-refractivity contribution >= 4 is 17.9 Å². The van der Waals surface area contributed by atoms with Crippen molar-refractivity contribution in [1.29, 1.82) is 0 Å². The van der Waals surface area contributed by atoms with Gasteiger partial charge in [0.1, 0.15) is 13.2 Å². The van der Waals surface area contributed by atoms with E-state index >= 15 is 0 Å². The standard InChI is InChI=1S/C67H118O6/c1-4-7-10-13-16-19-21-23-25-27-28-29-30-31-32-33-34-35-36-37-38-40-41-43-45-48-51-54-57-60-66(69)72-63-64(62-71-65(68)59-56-53-50-47-18-15-12-9-6-3)73-67(70)61-58-55-52-49-46-44-42-39-26-24-22-20-17-14-11-8-5-2/h7,10,16-17,19-20,23-26,28-29,64H,4-6,8-9,11-15,18,21-22,27,30-63H2,1-3H3/b10-7-,19-16-,20-17-,25-23-,26-24-,29-28-. The smallest absolute Gasteiger partial charge is 0.306 e. The Kier molecular flexibility index (Phi) is 58.7. The molecule has 73 heavy (non-hydrogen) atoms. The Balaban J connectivity index is 4.14. The zero-order valence-electron chi connectivity index (χ0n) is 48.4. The van der Waals surface area contributed by atoms with E-state index in [1.807, 2.05) is 0 Å². The topological polar surface area (TPSA) is 78.9 Å². The number of carbonyl (C=O) groups is 3. The van der Waals surface area contributed by atoms with E-state index in [1.54, 1.807) is 0 Å². The van der Waals surface area contributed by atoms with E-state index in [4.69, 9.17) is 14.2 Å². The molecule has 0 fully saturated rings. The fourth-order valence-corrected chi connectivity index (χ4v) is 9.00. The molecular formula is C67H118O6. The maximum absolute atomic E-state index is 12.9. The first kappa shape index (κ1) is 69.8. The minimum absolute atomic E-state index is 0.0746. The van der Waals surface area contributed by atoms with Gasteiger partial charge in [-0.05, 0) is 89.9 Å². The summed E-state index contributed by atoms with van der Waals surface area (Å²) < 4.78 is 16.9. The first-order valence-corrected chi connectivity index (χ1v) is 31.4. The number of hydrogen-bond donors (Lipinski definition) is 0. The van der Waals surface area contributed by atoms with Gasteiger partial charge in [0, 0.05) is 19.3 Å². The quantitative estimate of drug-likeness (QED) is 0.0261. The van der Waals surface area contributed by atoms with Crippen LogP contribution in [0, 0.1) is 0 Å². The summed E-state index contributed by atoms with van der Waals surface area (Å²) in [5, 5.41) is 0. The van der Waals surface area contributed by atoms with Crippen molar-refractivity contribution in [2.24, 2.45) is 0 Å². The van der Waals surface area contributed by atoms with Crippen molar-refractivity contribution < 1.29 is 28.6 Å². The lowest BCUT2D eigenvalue weighted by molar-refractivity contribution is -0.167. The monoisotopic (exact) mass is 1020 g/mol. The molecule has 0 aliphatic heterocycles. The summed E-state index contributed by atoms with van der Waals surface area (Å²) in [6.07, 6.45) is 79.2. The molecule has 0 aromatic heterocycles. The SMILES string of the molecule is CC/C=C\C/C=C\C/C=C\C/C=C\CCCCCCCCCCCCCCCCCCC(=O)OCC(COC(=O)CCCCCCCCCCC)OC(=O)CCCCCCCCC/C=C\C/C=C\CCCCC. The molecule has 0 spiro atoms. The van der Waals surface area contributed by atoms with E-state index in [2.05, 4.69) is 93.7 Å². The number of hydrogen-bond acceptors (Lipinski definition) is 6. The Bertz CT molecular complexity index is 1360. The average molecular weight is 1020 g/mol. The van der Waals surface area contributed by atoms with Crippen molar-refractivity contribution in [3.05, 3.63) is 72.9 Å². The third-order valence-electron chi connectivity index (χ3n) is 13.7. The molecule has 422 valence electrons. The lowest BCUT2D eigenvalue weighted by Crippen LogP contribution is -2.30. The molecule has 0 aliphatic carbocycles. The van der Waals surface area contributed by atoms with Gasteiger partial charge in [-0.25, -0.2) is 0 Å². The Morgan fingerprint density at radius 2 is 0.534 bits per heavy atom. The number of carbonyl (C=O) groups excluding carboxylic acids is 3. The summed E-state index contributed by atoms with van der Waals surface area (Å²) in [5.41, 5.74) is 0. The molecule has 0 aromatic carbocycles. The van der Waals surface area contributed by atoms with Crippen LogP contribution in [0.5, 0.6) is 0 Å². The lowest BCUT2D eigenvalue weighted by Gasteiger charge is -2.18. The first-order valence-electron chi connectivity index (χ1n) is 31.4. The zero-order chi connectivity index (χ0) is 52.9. The van der Waals surface area contributed by atoms with E-state index in [0.29, 0.717) is 19.3 Å². The van der Waals surface area contributed by atoms with Crippen LogP contribution >= 0.6 is 0 Å². The van der Waals surface area contributed by atoms with Gasteiger partial charge in [-0.15, -0.1) is 0 Å². The molecule has 0 bridgehead atoms. The van der Waals surface area contributed by atoms with Crippen LogP contribution in [0.15, 0.2) is 72.9 Å². The van der Waals surface area contributed by atoms with Crippen LogP contribution in [0.25, 0.3) is 0 Å². The third-order valence-corrected chi connectivity index (χ3v) is 13.7. The zero-order valence-corrected chi connectivity index (χ0v) is 48.4. The molecule has 0 rings (SSSR count). The summed E-state index contributed by atoms with van der Waals surface area (Å²) in [4.78, 5) is 38.1. The normalized spacial score (nSPS) is 12.5. The Morgan fingerprint density at radius 1 is 0.288 bits per heavy atom. The fourth-order valence-electron chi connectivity index (χ4n) is 9.00. The number of unbranched alkanes of at least 4 members (excludes halogenated alkanes) is 34. The maximum Gasteiger partial charge on any atom is 0.306 e.